The van der Waals surface area contributed by atoms with Crippen LogP contribution in [0.25, 0.3) is 10.4 Å². The molecular weight excluding hydrogens is 386 g/mol. The second kappa shape index (κ2) is 7.30. The summed E-state index contributed by atoms with van der Waals surface area (Å²) < 4.78 is 0. The normalized spacial score (nSPS) is 21.3. The minimum absolute atomic E-state index is 0.0478. The van der Waals surface area contributed by atoms with Crippen molar-refractivity contribution >= 4 is 34.7 Å². The van der Waals surface area contributed by atoms with Gasteiger partial charge in [-0.3, -0.25) is 14.4 Å². The van der Waals surface area contributed by atoms with Gasteiger partial charge in [-0.15, -0.1) is 11.3 Å². The Morgan fingerprint density at radius 1 is 1.28 bits per heavy atom. The third-order valence-electron chi connectivity index (χ3n) is 5.23. The van der Waals surface area contributed by atoms with Crippen molar-refractivity contribution in [2.45, 2.75) is 45.7 Å². The van der Waals surface area contributed by atoms with Crippen LogP contribution in [-0.4, -0.2) is 41.2 Å². The van der Waals surface area contributed by atoms with Crippen LogP contribution in [0, 0.1) is 5.41 Å². The Morgan fingerprint density at radius 3 is 2.76 bits per heavy atom. The van der Waals surface area contributed by atoms with Gasteiger partial charge in [0.1, 0.15) is 6.04 Å². The van der Waals surface area contributed by atoms with E-state index in [2.05, 4.69) is 10.6 Å². The number of nitrogens with one attached hydrogen (secondary N) is 2. The molecule has 1 aromatic heterocycles. The van der Waals surface area contributed by atoms with E-state index in [-0.39, 0.29) is 29.2 Å². The molecule has 2 aliphatic rings. The summed E-state index contributed by atoms with van der Waals surface area (Å²) in [5.74, 6) is -0.420. The molecule has 4 rings (SSSR count). The standard InChI is InChI=1S/C22H25N3O3S/c1-22(2,3)11-19(26)23-14-10-17-20(27)24-16-7-6-13(18-5-4-8-29-18)9-15(16)21(28)25(17)12-14/h4-9,14,17H,10-12H2,1-3H3,(H,23,26)(H,24,27). The topological polar surface area (TPSA) is 78.5 Å². The Morgan fingerprint density at radius 2 is 2.07 bits per heavy atom. The van der Waals surface area contributed by atoms with Crippen molar-refractivity contribution in [3.63, 3.8) is 0 Å². The zero-order valence-corrected chi connectivity index (χ0v) is 17.6. The number of amides is 3. The number of carbonyl (C=O) groups excluding carboxylic acids is 3. The van der Waals surface area contributed by atoms with E-state index in [4.69, 9.17) is 0 Å². The summed E-state index contributed by atoms with van der Waals surface area (Å²) in [4.78, 5) is 41.0. The summed E-state index contributed by atoms with van der Waals surface area (Å²) >= 11 is 1.60. The van der Waals surface area contributed by atoms with Crippen LogP contribution < -0.4 is 10.6 Å². The smallest absolute Gasteiger partial charge is 0.256 e. The predicted octanol–water partition coefficient (Wildman–Crippen LogP) is 3.50. The number of fused-ring (bicyclic) bond motifs is 2. The first-order chi connectivity index (χ1) is 13.7. The van der Waals surface area contributed by atoms with Gasteiger partial charge in [-0.2, -0.15) is 0 Å². The van der Waals surface area contributed by atoms with Gasteiger partial charge in [-0.05, 0) is 41.0 Å². The highest BCUT2D eigenvalue weighted by molar-refractivity contribution is 7.13. The lowest BCUT2D eigenvalue weighted by Gasteiger charge is -2.21. The molecule has 0 spiro atoms. The van der Waals surface area contributed by atoms with Crippen LogP contribution in [0.2, 0.25) is 0 Å². The molecule has 29 heavy (non-hydrogen) atoms. The Labute approximate surface area is 174 Å². The molecule has 2 aromatic rings. The fraction of sp³-hybridized carbons (Fsp3) is 0.409. The van der Waals surface area contributed by atoms with Gasteiger partial charge in [0.2, 0.25) is 11.8 Å². The zero-order valence-electron chi connectivity index (χ0n) is 16.8. The van der Waals surface area contributed by atoms with E-state index >= 15 is 0 Å². The zero-order chi connectivity index (χ0) is 20.8. The van der Waals surface area contributed by atoms with E-state index in [0.29, 0.717) is 30.6 Å². The van der Waals surface area contributed by atoms with Crippen molar-refractivity contribution in [2.24, 2.45) is 5.41 Å². The monoisotopic (exact) mass is 411 g/mol. The summed E-state index contributed by atoms with van der Waals surface area (Å²) in [5, 5.41) is 7.89. The van der Waals surface area contributed by atoms with Gasteiger partial charge in [-0.1, -0.05) is 32.9 Å². The Balaban J connectivity index is 1.56. The number of carbonyl (C=O) groups is 3. The first-order valence-corrected chi connectivity index (χ1v) is 10.7. The summed E-state index contributed by atoms with van der Waals surface area (Å²) in [6.07, 6.45) is 0.834. The lowest BCUT2D eigenvalue weighted by atomic mass is 9.92. The van der Waals surface area contributed by atoms with Gasteiger partial charge in [0.25, 0.3) is 5.91 Å². The largest absolute Gasteiger partial charge is 0.351 e. The lowest BCUT2D eigenvalue weighted by molar-refractivity contribution is -0.123. The van der Waals surface area contributed by atoms with Gasteiger partial charge in [0.15, 0.2) is 0 Å². The molecule has 1 saturated heterocycles. The number of rotatable bonds is 3. The molecule has 1 fully saturated rings. The Hall–Kier alpha value is -2.67. The van der Waals surface area contributed by atoms with Crippen LogP contribution in [0.5, 0.6) is 0 Å². The second-order valence-corrected chi connectivity index (χ2v) is 9.89. The first-order valence-electron chi connectivity index (χ1n) is 9.80. The maximum Gasteiger partial charge on any atom is 0.256 e. The molecule has 2 aliphatic heterocycles. The van der Waals surface area contributed by atoms with Crippen molar-refractivity contribution in [2.75, 3.05) is 11.9 Å². The first kappa shape index (κ1) is 19.6. The van der Waals surface area contributed by atoms with Crippen LogP contribution >= 0.6 is 11.3 Å². The Bertz CT molecular complexity index is 962. The number of hydrogen-bond donors (Lipinski definition) is 2. The number of anilines is 1. The molecule has 6 nitrogen and oxygen atoms in total. The van der Waals surface area contributed by atoms with Crippen LogP contribution in [-0.2, 0) is 9.59 Å². The summed E-state index contributed by atoms with van der Waals surface area (Å²) in [7, 11) is 0. The third kappa shape index (κ3) is 4.05. The van der Waals surface area contributed by atoms with E-state index in [9.17, 15) is 14.4 Å². The fourth-order valence-corrected chi connectivity index (χ4v) is 4.69. The van der Waals surface area contributed by atoms with Gasteiger partial charge in [-0.25, -0.2) is 0 Å². The quantitative estimate of drug-likeness (QED) is 0.811. The minimum Gasteiger partial charge on any atom is -0.351 e. The number of nitrogens with zero attached hydrogens (tertiary/aromatic N) is 1. The molecule has 3 heterocycles. The average molecular weight is 412 g/mol. The van der Waals surface area contributed by atoms with Crippen molar-refractivity contribution in [3.8, 4) is 10.4 Å². The number of benzene rings is 1. The van der Waals surface area contributed by atoms with Crippen molar-refractivity contribution in [1.82, 2.24) is 10.2 Å². The summed E-state index contributed by atoms with van der Waals surface area (Å²) in [5.41, 5.74) is 1.88. The van der Waals surface area contributed by atoms with Gasteiger partial charge in [0, 0.05) is 23.9 Å². The van der Waals surface area contributed by atoms with E-state index in [1.165, 1.54) is 0 Å². The SMILES string of the molecule is CC(C)(C)CC(=O)NC1CC2C(=O)Nc3ccc(-c4cccs4)cc3C(=O)N2C1. The number of thiophene rings is 1. The fourth-order valence-electron chi connectivity index (χ4n) is 3.97. The van der Waals surface area contributed by atoms with Gasteiger partial charge in [0.05, 0.1) is 11.3 Å². The molecule has 0 aliphatic carbocycles. The molecule has 2 unspecified atom stereocenters. The molecule has 1 aromatic carbocycles. The Kier molecular flexibility index (Phi) is 4.94. The molecule has 3 amide bonds. The van der Waals surface area contributed by atoms with Crippen LogP contribution in [0.1, 0.15) is 44.0 Å². The lowest BCUT2D eigenvalue weighted by Crippen LogP contribution is -2.41. The molecular formula is C22H25N3O3S. The molecule has 152 valence electrons. The van der Waals surface area contributed by atoms with Gasteiger partial charge < -0.3 is 15.5 Å². The second-order valence-electron chi connectivity index (χ2n) is 8.94. The molecule has 0 radical (unpaired) electrons. The average Bonchev–Trinajstić information content (AvgIpc) is 3.28. The highest BCUT2D eigenvalue weighted by Crippen LogP contribution is 2.33. The minimum atomic E-state index is -0.569. The predicted molar refractivity (Wildman–Crippen MR) is 114 cm³/mol. The van der Waals surface area contributed by atoms with Crippen LogP contribution in [0.15, 0.2) is 35.7 Å². The van der Waals surface area contributed by atoms with E-state index < -0.39 is 6.04 Å². The van der Waals surface area contributed by atoms with E-state index in [1.807, 2.05) is 50.4 Å². The molecule has 2 atom stereocenters. The summed E-state index contributed by atoms with van der Waals surface area (Å²) in [6, 6.07) is 8.75. The van der Waals surface area contributed by atoms with Crippen LogP contribution in [0.4, 0.5) is 5.69 Å². The maximum absolute atomic E-state index is 13.3. The molecule has 2 N–H and O–H groups in total. The molecule has 0 bridgehead atoms. The van der Waals surface area contributed by atoms with Crippen molar-refractivity contribution < 1.29 is 14.4 Å². The summed E-state index contributed by atoms with van der Waals surface area (Å²) in [6.45, 7) is 6.37. The van der Waals surface area contributed by atoms with E-state index in [1.54, 1.807) is 22.3 Å². The molecule has 0 saturated carbocycles. The third-order valence-corrected chi connectivity index (χ3v) is 6.15. The number of hydrogen-bond acceptors (Lipinski definition) is 4. The van der Waals surface area contributed by atoms with Crippen LogP contribution in [0.3, 0.4) is 0 Å². The molecule has 7 heteroatoms. The van der Waals surface area contributed by atoms with Crippen molar-refractivity contribution in [3.05, 3.63) is 41.3 Å². The highest BCUT2D eigenvalue weighted by atomic mass is 32.1. The maximum atomic E-state index is 13.3. The van der Waals surface area contributed by atoms with E-state index in [0.717, 1.165) is 10.4 Å². The van der Waals surface area contributed by atoms with Crippen molar-refractivity contribution in [1.29, 1.82) is 0 Å². The van der Waals surface area contributed by atoms with Gasteiger partial charge >= 0.3 is 0 Å². The highest BCUT2D eigenvalue weighted by Gasteiger charge is 2.43.